The second-order valence-electron chi connectivity index (χ2n) is 0.839. The van der Waals surface area contributed by atoms with Crippen LogP contribution in [0.4, 0.5) is 0 Å². The largest absolute Gasteiger partial charge is 0.453 e. The van der Waals surface area contributed by atoms with Crippen LogP contribution < -0.4 is 0 Å². The zero-order valence-electron chi connectivity index (χ0n) is 3.94. The Morgan fingerprint density at radius 1 is 2.00 bits per heavy atom. The highest BCUT2D eigenvalue weighted by atomic mass is 35.5. The normalized spacial score (nSPS) is 11.2. The Morgan fingerprint density at radius 3 is 3.00 bits per heavy atom. The van der Waals surface area contributed by atoms with E-state index in [1.165, 1.54) is 12.3 Å². The van der Waals surface area contributed by atoms with Gasteiger partial charge in [0.25, 0.3) is 0 Å². The summed E-state index contributed by atoms with van der Waals surface area (Å²) in [6.07, 6.45) is 1.38. The molecular formula is C4H3ClO. The molecule has 0 atom stereocenters. The highest BCUT2D eigenvalue weighted by Crippen LogP contribution is 2.04. The Balaban J connectivity index is 3.12. The molecule has 0 fully saturated rings. The van der Waals surface area contributed by atoms with Gasteiger partial charge in [0.05, 0.1) is 7.63 Å². The lowest BCUT2D eigenvalue weighted by Gasteiger charge is -1.65. The smallest absolute Gasteiger partial charge is 0.192 e. The van der Waals surface area contributed by atoms with Crippen molar-refractivity contribution in [2.24, 2.45) is 0 Å². The van der Waals surface area contributed by atoms with Crippen molar-refractivity contribution in [2.45, 2.75) is 0 Å². The third-order valence-electron chi connectivity index (χ3n) is 0.436. The monoisotopic (exact) mass is 103 g/mol. The van der Waals surface area contributed by atoms with Gasteiger partial charge in [0.15, 0.2) is 5.22 Å². The molecule has 1 aromatic heterocycles. The van der Waals surface area contributed by atoms with E-state index in [-0.39, 0.29) is 11.3 Å². The van der Waals surface area contributed by atoms with Crippen LogP contribution in [0.2, 0.25) is 5.22 Å². The van der Waals surface area contributed by atoms with Crippen LogP contribution >= 0.6 is 11.6 Å². The molecule has 1 aromatic rings. The van der Waals surface area contributed by atoms with E-state index in [4.69, 9.17) is 13.0 Å². The van der Waals surface area contributed by atoms with E-state index in [1.807, 2.05) is 0 Å². The molecule has 0 aliphatic rings. The first-order valence-corrected chi connectivity index (χ1v) is 1.88. The summed E-state index contributed by atoms with van der Waals surface area (Å²) < 4.78 is 11.4. The van der Waals surface area contributed by atoms with Crippen molar-refractivity contribution >= 4 is 11.6 Å². The topological polar surface area (TPSA) is 13.1 Å². The Hall–Kier alpha value is -0.430. The van der Waals surface area contributed by atoms with Crippen LogP contribution in [0.5, 0.6) is 0 Å². The van der Waals surface area contributed by atoms with Gasteiger partial charge in [-0.2, -0.15) is 0 Å². The Labute approximate surface area is 41.9 Å². The van der Waals surface area contributed by atoms with Crippen molar-refractivity contribution in [3.05, 3.63) is 23.6 Å². The standard InChI is InChI=1S/C4H3ClO/c5-4-2-1-3-6-4/h1-3H/i2D. The van der Waals surface area contributed by atoms with Gasteiger partial charge < -0.3 is 4.42 Å². The highest BCUT2D eigenvalue weighted by molar-refractivity contribution is 6.28. The Bertz CT molecular complexity index is 144. The summed E-state index contributed by atoms with van der Waals surface area (Å²) in [7, 11) is 0. The maximum Gasteiger partial charge on any atom is 0.192 e. The molecule has 2 heteroatoms. The minimum Gasteiger partial charge on any atom is -0.453 e. The molecule has 0 aliphatic heterocycles. The molecule has 1 rings (SSSR count). The molecule has 6 heavy (non-hydrogen) atoms. The summed E-state index contributed by atoms with van der Waals surface area (Å²) in [5, 5.41) is 0.153. The average molecular weight is 104 g/mol. The second kappa shape index (κ2) is 1.35. The van der Waals surface area contributed by atoms with Crippen LogP contribution in [-0.4, -0.2) is 0 Å². The summed E-state index contributed by atoms with van der Waals surface area (Å²) in [6.45, 7) is 0. The number of halogens is 1. The predicted molar refractivity (Wildman–Crippen MR) is 23.7 cm³/mol. The van der Waals surface area contributed by atoms with Crippen LogP contribution in [0.1, 0.15) is 1.37 Å². The zero-order chi connectivity index (χ0) is 5.28. The van der Waals surface area contributed by atoms with Crippen molar-refractivity contribution in [3.8, 4) is 0 Å². The molecule has 0 aromatic carbocycles. The molecule has 1 heterocycles. The fraction of sp³-hybridized carbons (Fsp3) is 0. The lowest BCUT2D eigenvalue weighted by Crippen LogP contribution is -1.34. The first-order chi connectivity index (χ1) is 3.30. The van der Waals surface area contributed by atoms with E-state index in [2.05, 4.69) is 4.42 Å². The first-order valence-electron chi connectivity index (χ1n) is 2.00. The minimum absolute atomic E-state index is 0.153. The zero-order valence-corrected chi connectivity index (χ0v) is 3.70. The molecule has 0 unspecified atom stereocenters. The molecule has 32 valence electrons. The van der Waals surface area contributed by atoms with Crippen molar-refractivity contribution in [1.29, 1.82) is 0 Å². The molecule has 0 amide bonds. The number of hydrogen-bond donors (Lipinski definition) is 0. The van der Waals surface area contributed by atoms with Gasteiger partial charge in [0.2, 0.25) is 0 Å². The van der Waals surface area contributed by atoms with Gasteiger partial charge in [-0.3, -0.25) is 0 Å². The summed E-state index contributed by atoms with van der Waals surface area (Å²) in [6, 6.07) is 1.73. The predicted octanol–water partition coefficient (Wildman–Crippen LogP) is 1.93. The average Bonchev–Trinajstić information content (AvgIpc) is 1.91. The van der Waals surface area contributed by atoms with E-state index in [0.29, 0.717) is 0 Å². The van der Waals surface area contributed by atoms with Crippen LogP contribution in [0, 0.1) is 0 Å². The fourth-order valence-corrected chi connectivity index (χ4v) is 0.342. The van der Waals surface area contributed by atoms with Crippen molar-refractivity contribution < 1.29 is 5.79 Å². The van der Waals surface area contributed by atoms with E-state index >= 15 is 0 Å². The molecule has 0 radical (unpaired) electrons. The Kier molecular flexibility index (Phi) is 0.606. The maximum absolute atomic E-state index is 6.87. The van der Waals surface area contributed by atoms with Gasteiger partial charge in [-0.25, -0.2) is 0 Å². The van der Waals surface area contributed by atoms with Gasteiger partial charge >= 0.3 is 0 Å². The van der Waals surface area contributed by atoms with Gasteiger partial charge in [0, 0.05) is 0 Å². The fourth-order valence-electron chi connectivity index (χ4n) is 0.227. The number of rotatable bonds is 0. The van der Waals surface area contributed by atoms with Crippen molar-refractivity contribution in [2.75, 3.05) is 0 Å². The molecule has 0 bridgehead atoms. The van der Waals surface area contributed by atoms with Crippen LogP contribution in [-0.2, 0) is 0 Å². The summed E-state index contributed by atoms with van der Waals surface area (Å²) in [5.74, 6) is 0. The summed E-state index contributed by atoms with van der Waals surface area (Å²) >= 11 is 5.27. The summed E-state index contributed by atoms with van der Waals surface area (Å²) in [5.41, 5.74) is 0. The van der Waals surface area contributed by atoms with Crippen molar-refractivity contribution in [1.82, 2.24) is 0 Å². The third kappa shape index (κ3) is 0.546. The molecule has 0 saturated heterocycles. The SMILES string of the molecule is [2H]c1ccoc1Cl. The van der Waals surface area contributed by atoms with Crippen LogP contribution in [0.25, 0.3) is 0 Å². The lowest BCUT2D eigenvalue weighted by atomic mass is 10.7. The van der Waals surface area contributed by atoms with E-state index in [0.717, 1.165) is 0 Å². The number of furan rings is 1. The lowest BCUT2D eigenvalue weighted by molar-refractivity contribution is 0.569. The van der Waals surface area contributed by atoms with Gasteiger partial charge in [-0.05, 0) is 23.7 Å². The van der Waals surface area contributed by atoms with E-state index < -0.39 is 0 Å². The second-order valence-corrected chi connectivity index (χ2v) is 1.18. The molecule has 0 saturated carbocycles. The van der Waals surface area contributed by atoms with Crippen LogP contribution in [0.15, 0.2) is 22.8 Å². The van der Waals surface area contributed by atoms with Crippen LogP contribution in [0.3, 0.4) is 0 Å². The van der Waals surface area contributed by atoms with Gasteiger partial charge in [-0.15, -0.1) is 0 Å². The molecule has 0 aliphatic carbocycles. The third-order valence-corrected chi connectivity index (χ3v) is 0.635. The van der Waals surface area contributed by atoms with Gasteiger partial charge in [0.1, 0.15) is 0 Å². The van der Waals surface area contributed by atoms with Gasteiger partial charge in [-0.1, -0.05) is 0 Å². The molecule has 0 N–H and O–H groups in total. The number of hydrogen-bond acceptors (Lipinski definition) is 1. The molecule has 1 nitrogen and oxygen atoms in total. The van der Waals surface area contributed by atoms with Crippen molar-refractivity contribution in [3.63, 3.8) is 0 Å². The van der Waals surface area contributed by atoms with E-state index in [9.17, 15) is 0 Å². The molecular weight excluding hydrogens is 99.5 g/mol. The van der Waals surface area contributed by atoms with E-state index in [1.54, 1.807) is 0 Å². The first kappa shape index (κ1) is 2.69. The quantitative estimate of drug-likeness (QED) is 0.489. The maximum atomic E-state index is 6.87. The summed E-state index contributed by atoms with van der Waals surface area (Å²) in [4.78, 5) is 0. The Morgan fingerprint density at radius 2 is 2.83 bits per heavy atom. The molecule has 0 spiro atoms. The minimum atomic E-state index is 0.153. The highest BCUT2D eigenvalue weighted by Gasteiger charge is 1.79.